The molecule has 0 bridgehead atoms. The molecule has 0 unspecified atom stereocenters. The van der Waals surface area contributed by atoms with Crippen LogP contribution in [0.5, 0.6) is 0 Å². The van der Waals surface area contributed by atoms with Crippen LogP contribution >= 0.6 is 0 Å². The zero-order chi connectivity index (χ0) is 9.53. The van der Waals surface area contributed by atoms with E-state index < -0.39 is 9.84 Å². The third-order valence-corrected chi connectivity index (χ3v) is 4.74. The topological polar surface area (TPSA) is 63.2 Å². The fraction of sp³-hybridized carbons (Fsp3) is 0.875. The Morgan fingerprint density at radius 1 is 1.23 bits per heavy atom. The van der Waals surface area contributed by atoms with E-state index in [1.54, 1.807) is 0 Å². The second-order valence-electron chi connectivity index (χ2n) is 4.11. The monoisotopic (exact) mass is 203 g/mol. The lowest BCUT2D eigenvalue weighted by Gasteiger charge is -2.30. The highest BCUT2D eigenvalue weighted by Gasteiger charge is 2.42. The van der Waals surface area contributed by atoms with Crippen LogP contribution < -0.4 is 5.32 Å². The van der Waals surface area contributed by atoms with Gasteiger partial charge < -0.3 is 5.32 Å². The van der Waals surface area contributed by atoms with Gasteiger partial charge in [-0.3, -0.25) is 4.79 Å². The number of hydrogen-bond donors (Lipinski definition) is 1. The van der Waals surface area contributed by atoms with Crippen molar-refractivity contribution >= 4 is 15.7 Å². The molecule has 13 heavy (non-hydrogen) atoms. The number of carbonyl (C=O) groups excluding carboxylic acids is 1. The number of nitrogens with one attached hydrogen (secondary N) is 1. The second kappa shape index (κ2) is 2.70. The summed E-state index contributed by atoms with van der Waals surface area (Å²) in [6, 6.07) is 0. The van der Waals surface area contributed by atoms with Gasteiger partial charge in [-0.1, -0.05) is 0 Å². The first kappa shape index (κ1) is 8.99. The average Bonchev–Trinajstić information content (AvgIpc) is 2.41. The van der Waals surface area contributed by atoms with E-state index in [9.17, 15) is 13.2 Å². The lowest BCUT2D eigenvalue weighted by Crippen LogP contribution is -2.35. The minimum Gasteiger partial charge on any atom is -0.356 e. The maximum absolute atomic E-state index is 11.2. The van der Waals surface area contributed by atoms with Gasteiger partial charge in [0.2, 0.25) is 5.91 Å². The molecule has 2 aliphatic heterocycles. The molecule has 0 aromatic rings. The summed E-state index contributed by atoms with van der Waals surface area (Å²) in [5.74, 6) is 0.573. The number of sulfone groups is 1. The van der Waals surface area contributed by atoms with Crippen molar-refractivity contribution in [1.29, 1.82) is 0 Å². The summed E-state index contributed by atoms with van der Waals surface area (Å²) in [5, 5.41) is 2.77. The summed E-state index contributed by atoms with van der Waals surface area (Å²) < 4.78 is 22.3. The normalized spacial score (nSPS) is 30.3. The van der Waals surface area contributed by atoms with Gasteiger partial charge in [-0.2, -0.15) is 0 Å². The van der Waals surface area contributed by atoms with Gasteiger partial charge in [0, 0.05) is 13.0 Å². The molecule has 0 saturated carbocycles. The number of rotatable bonds is 0. The molecule has 0 aliphatic carbocycles. The van der Waals surface area contributed by atoms with Crippen LogP contribution in [0.25, 0.3) is 0 Å². The zero-order valence-electron chi connectivity index (χ0n) is 7.38. The van der Waals surface area contributed by atoms with Gasteiger partial charge in [0.1, 0.15) is 9.84 Å². The van der Waals surface area contributed by atoms with E-state index in [-0.39, 0.29) is 22.8 Å². The van der Waals surface area contributed by atoms with Crippen LogP contribution in [0, 0.1) is 5.41 Å². The van der Waals surface area contributed by atoms with E-state index >= 15 is 0 Å². The molecule has 1 amide bonds. The molecular weight excluding hydrogens is 190 g/mol. The van der Waals surface area contributed by atoms with Gasteiger partial charge in [-0.05, 0) is 18.3 Å². The first-order chi connectivity index (χ1) is 6.02. The number of hydrogen-bond acceptors (Lipinski definition) is 3. The van der Waals surface area contributed by atoms with Crippen LogP contribution in [-0.4, -0.2) is 32.4 Å². The Kier molecular flexibility index (Phi) is 1.87. The molecule has 5 heteroatoms. The van der Waals surface area contributed by atoms with Crippen LogP contribution in [0.3, 0.4) is 0 Å². The molecule has 0 aromatic carbocycles. The van der Waals surface area contributed by atoms with Crippen LogP contribution in [-0.2, 0) is 14.6 Å². The van der Waals surface area contributed by atoms with Crippen molar-refractivity contribution in [2.75, 3.05) is 18.1 Å². The highest BCUT2D eigenvalue weighted by Crippen LogP contribution is 2.38. The molecular formula is C8H13NO3S. The third-order valence-electron chi connectivity index (χ3n) is 3.08. The van der Waals surface area contributed by atoms with E-state index in [2.05, 4.69) is 5.32 Å². The Morgan fingerprint density at radius 3 is 2.31 bits per heavy atom. The van der Waals surface area contributed by atoms with Gasteiger partial charge in [-0.25, -0.2) is 8.42 Å². The van der Waals surface area contributed by atoms with Crippen LogP contribution in [0.4, 0.5) is 0 Å². The SMILES string of the molecule is O=C1CC2(CCS(=O)(=O)CC2)CN1. The molecule has 2 rings (SSSR count). The molecule has 1 N–H and O–H groups in total. The summed E-state index contributed by atoms with van der Waals surface area (Å²) in [7, 11) is -2.80. The Morgan fingerprint density at radius 2 is 1.85 bits per heavy atom. The molecule has 74 valence electrons. The van der Waals surface area contributed by atoms with Crippen molar-refractivity contribution in [3.05, 3.63) is 0 Å². The van der Waals surface area contributed by atoms with Crippen molar-refractivity contribution in [3.63, 3.8) is 0 Å². The largest absolute Gasteiger partial charge is 0.356 e. The van der Waals surface area contributed by atoms with Crippen LogP contribution in [0.15, 0.2) is 0 Å². The molecule has 4 nitrogen and oxygen atoms in total. The minimum absolute atomic E-state index is 0.0393. The number of carbonyl (C=O) groups is 1. The summed E-state index contributed by atoms with van der Waals surface area (Å²) in [4.78, 5) is 11.0. The summed E-state index contributed by atoms with van der Waals surface area (Å²) >= 11 is 0. The molecule has 2 aliphatic rings. The van der Waals surface area contributed by atoms with E-state index in [0.717, 1.165) is 0 Å². The van der Waals surface area contributed by atoms with Crippen molar-refractivity contribution in [2.45, 2.75) is 19.3 Å². The number of amides is 1. The van der Waals surface area contributed by atoms with Crippen molar-refractivity contribution in [3.8, 4) is 0 Å². The predicted octanol–water partition coefficient (Wildman–Crippen LogP) is -0.299. The minimum atomic E-state index is -2.80. The Balaban J connectivity index is 2.09. The van der Waals surface area contributed by atoms with E-state index in [4.69, 9.17) is 0 Å². The highest BCUT2D eigenvalue weighted by molar-refractivity contribution is 7.91. The van der Waals surface area contributed by atoms with Gasteiger partial charge in [0.25, 0.3) is 0 Å². The van der Waals surface area contributed by atoms with Crippen molar-refractivity contribution in [2.24, 2.45) is 5.41 Å². The predicted molar refractivity (Wildman–Crippen MR) is 47.9 cm³/mol. The standard InChI is InChI=1S/C8H13NO3S/c10-7-5-8(6-9-7)1-3-13(11,12)4-2-8/h1-6H2,(H,9,10). The highest BCUT2D eigenvalue weighted by atomic mass is 32.2. The fourth-order valence-corrected chi connectivity index (χ4v) is 3.77. The van der Waals surface area contributed by atoms with E-state index in [1.807, 2.05) is 0 Å². The smallest absolute Gasteiger partial charge is 0.220 e. The third kappa shape index (κ3) is 1.70. The molecule has 2 heterocycles. The van der Waals surface area contributed by atoms with Crippen molar-refractivity contribution < 1.29 is 13.2 Å². The van der Waals surface area contributed by atoms with E-state index in [0.29, 0.717) is 25.8 Å². The summed E-state index contributed by atoms with van der Waals surface area (Å²) in [5.41, 5.74) is -0.0393. The molecule has 0 aromatic heterocycles. The molecule has 2 fully saturated rings. The molecule has 2 saturated heterocycles. The fourth-order valence-electron chi connectivity index (χ4n) is 2.08. The van der Waals surface area contributed by atoms with Crippen LogP contribution in [0.2, 0.25) is 0 Å². The Hall–Kier alpha value is -0.580. The molecule has 0 atom stereocenters. The first-order valence-electron chi connectivity index (χ1n) is 4.49. The van der Waals surface area contributed by atoms with E-state index in [1.165, 1.54) is 0 Å². The Bertz CT molecular complexity index is 319. The molecule has 0 radical (unpaired) electrons. The van der Waals surface area contributed by atoms with Gasteiger partial charge in [-0.15, -0.1) is 0 Å². The summed E-state index contributed by atoms with van der Waals surface area (Å²) in [6.07, 6.45) is 1.81. The van der Waals surface area contributed by atoms with Gasteiger partial charge in [0.05, 0.1) is 11.5 Å². The summed E-state index contributed by atoms with van der Waals surface area (Å²) in [6.45, 7) is 0.668. The lowest BCUT2D eigenvalue weighted by molar-refractivity contribution is -0.119. The first-order valence-corrected chi connectivity index (χ1v) is 6.31. The van der Waals surface area contributed by atoms with Gasteiger partial charge >= 0.3 is 0 Å². The second-order valence-corrected chi connectivity index (χ2v) is 6.41. The lowest BCUT2D eigenvalue weighted by atomic mass is 9.81. The average molecular weight is 203 g/mol. The molecule has 1 spiro atoms. The maximum Gasteiger partial charge on any atom is 0.220 e. The maximum atomic E-state index is 11.2. The quantitative estimate of drug-likeness (QED) is 0.588. The Labute approximate surface area is 77.6 Å². The zero-order valence-corrected chi connectivity index (χ0v) is 8.19. The van der Waals surface area contributed by atoms with Crippen molar-refractivity contribution in [1.82, 2.24) is 5.32 Å². The van der Waals surface area contributed by atoms with Crippen LogP contribution in [0.1, 0.15) is 19.3 Å². The van der Waals surface area contributed by atoms with Gasteiger partial charge in [0.15, 0.2) is 0 Å².